The fraction of sp³-hybridized carbons (Fsp3) is 0.308. The normalized spacial score (nSPS) is 16.2. The Hall–Kier alpha value is -3.34. The van der Waals surface area contributed by atoms with Crippen molar-refractivity contribution in [3.05, 3.63) is 77.4 Å². The van der Waals surface area contributed by atoms with E-state index >= 15 is 0 Å². The lowest BCUT2D eigenvalue weighted by molar-refractivity contribution is -0.126. The molecule has 1 fully saturated rings. The number of nitrogens with zero attached hydrogens (tertiary/aromatic N) is 1. The molecular weight excluding hydrogens is 388 g/mol. The Morgan fingerprint density at radius 1 is 1.03 bits per heavy atom. The minimum Gasteiger partial charge on any atom is -0.496 e. The second-order valence-electron chi connectivity index (χ2n) is 8.15. The first-order valence-corrected chi connectivity index (χ1v) is 10.7. The number of ether oxygens (including phenoxy) is 1. The van der Waals surface area contributed by atoms with E-state index in [9.17, 15) is 9.59 Å². The minimum absolute atomic E-state index is 0.0117. The maximum absolute atomic E-state index is 13.3. The summed E-state index contributed by atoms with van der Waals surface area (Å²) in [4.78, 5) is 27.9. The molecule has 1 atom stereocenters. The number of rotatable bonds is 5. The van der Waals surface area contributed by atoms with Crippen molar-refractivity contribution in [3.8, 4) is 5.75 Å². The zero-order valence-electron chi connectivity index (χ0n) is 18.1. The molecule has 0 aromatic heterocycles. The number of benzene rings is 3. The molecule has 160 valence electrons. The van der Waals surface area contributed by atoms with Crippen molar-refractivity contribution in [3.63, 3.8) is 0 Å². The van der Waals surface area contributed by atoms with Crippen LogP contribution in [0.25, 0.3) is 10.8 Å². The molecule has 3 aromatic rings. The molecule has 5 heteroatoms. The van der Waals surface area contributed by atoms with Gasteiger partial charge in [0.05, 0.1) is 13.0 Å². The van der Waals surface area contributed by atoms with Gasteiger partial charge in [0, 0.05) is 30.6 Å². The average Bonchev–Trinajstić information content (AvgIpc) is 2.82. The molecule has 0 saturated carbocycles. The summed E-state index contributed by atoms with van der Waals surface area (Å²) >= 11 is 0. The van der Waals surface area contributed by atoms with E-state index in [2.05, 4.69) is 5.32 Å². The molecule has 31 heavy (non-hydrogen) atoms. The van der Waals surface area contributed by atoms with Crippen LogP contribution in [0.2, 0.25) is 0 Å². The molecule has 2 amide bonds. The molecule has 1 N–H and O–H groups in total. The van der Waals surface area contributed by atoms with Crippen molar-refractivity contribution >= 4 is 22.6 Å². The first kappa shape index (κ1) is 20.9. The first-order chi connectivity index (χ1) is 15.1. The highest BCUT2D eigenvalue weighted by molar-refractivity contribution is 6.08. The van der Waals surface area contributed by atoms with E-state index in [1.165, 1.54) is 5.56 Å². The average molecular weight is 417 g/mol. The molecule has 1 heterocycles. The van der Waals surface area contributed by atoms with Crippen LogP contribution in [0.5, 0.6) is 5.75 Å². The molecule has 1 aliphatic heterocycles. The Labute approximate surface area is 183 Å². The van der Waals surface area contributed by atoms with Crippen LogP contribution < -0.4 is 10.1 Å². The van der Waals surface area contributed by atoms with E-state index in [0.717, 1.165) is 34.9 Å². The predicted octanol–water partition coefficient (Wildman–Crippen LogP) is 4.33. The van der Waals surface area contributed by atoms with Crippen LogP contribution in [0.3, 0.4) is 0 Å². The van der Waals surface area contributed by atoms with E-state index < -0.39 is 0 Å². The number of carbonyl (C=O) groups excluding carboxylic acids is 2. The summed E-state index contributed by atoms with van der Waals surface area (Å²) in [6.45, 7) is 3.66. The SMILES string of the molecule is COc1ccc(C(=O)N2CCC[C@@H](C(=O)NCc3ccc(C)cc3)C2)c2ccccc12. The number of aryl methyl sites for hydroxylation is 1. The highest BCUT2D eigenvalue weighted by Gasteiger charge is 2.29. The molecule has 0 spiro atoms. The number of likely N-dealkylation sites (tertiary alicyclic amines) is 1. The van der Waals surface area contributed by atoms with Crippen LogP contribution in [0, 0.1) is 12.8 Å². The van der Waals surface area contributed by atoms with Gasteiger partial charge in [-0.3, -0.25) is 9.59 Å². The highest BCUT2D eigenvalue weighted by atomic mass is 16.5. The van der Waals surface area contributed by atoms with Gasteiger partial charge in [0.1, 0.15) is 5.75 Å². The molecule has 1 aliphatic rings. The quantitative estimate of drug-likeness (QED) is 0.674. The van der Waals surface area contributed by atoms with Crippen LogP contribution in [-0.4, -0.2) is 36.9 Å². The zero-order valence-corrected chi connectivity index (χ0v) is 18.1. The number of amides is 2. The maximum Gasteiger partial charge on any atom is 0.254 e. The summed E-state index contributed by atoms with van der Waals surface area (Å²) in [6.07, 6.45) is 1.62. The standard InChI is InChI=1S/C26H28N2O3/c1-18-9-11-19(12-10-18)16-27-25(29)20-6-5-15-28(17-20)26(30)23-13-14-24(31-2)22-8-4-3-7-21(22)23/h3-4,7-14,20H,5-6,15-17H2,1-2H3,(H,27,29)/t20-/m1/s1. The van der Waals surface area contributed by atoms with Crippen LogP contribution in [0.4, 0.5) is 0 Å². The molecule has 4 rings (SSSR count). The third-order valence-electron chi connectivity index (χ3n) is 6.00. The molecule has 0 unspecified atom stereocenters. The largest absolute Gasteiger partial charge is 0.496 e. The van der Waals surface area contributed by atoms with Crippen LogP contribution in [0.15, 0.2) is 60.7 Å². The Bertz CT molecular complexity index is 1090. The summed E-state index contributed by atoms with van der Waals surface area (Å²) in [6, 6.07) is 19.6. The zero-order chi connectivity index (χ0) is 21.8. The molecule has 3 aromatic carbocycles. The second kappa shape index (κ2) is 9.21. The van der Waals surface area contributed by atoms with Gasteiger partial charge in [0.2, 0.25) is 5.91 Å². The number of methoxy groups -OCH3 is 1. The smallest absolute Gasteiger partial charge is 0.254 e. The van der Waals surface area contributed by atoms with Gasteiger partial charge in [-0.25, -0.2) is 0 Å². The third-order valence-corrected chi connectivity index (χ3v) is 6.00. The van der Waals surface area contributed by atoms with Crippen molar-refractivity contribution in [2.75, 3.05) is 20.2 Å². The van der Waals surface area contributed by atoms with Gasteiger partial charge in [-0.05, 0) is 42.8 Å². The van der Waals surface area contributed by atoms with Gasteiger partial charge in [-0.1, -0.05) is 54.1 Å². The number of hydrogen-bond donors (Lipinski definition) is 1. The Morgan fingerprint density at radius 3 is 2.52 bits per heavy atom. The van der Waals surface area contributed by atoms with E-state index in [1.807, 2.05) is 72.5 Å². The predicted molar refractivity (Wildman–Crippen MR) is 122 cm³/mol. The van der Waals surface area contributed by atoms with Gasteiger partial charge in [0.25, 0.3) is 5.91 Å². The molecule has 5 nitrogen and oxygen atoms in total. The van der Waals surface area contributed by atoms with Crippen LogP contribution >= 0.6 is 0 Å². The molecule has 0 radical (unpaired) electrons. The fourth-order valence-electron chi connectivity index (χ4n) is 4.22. The second-order valence-corrected chi connectivity index (χ2v) is 8.15. The Balaban J connectivity index is 1.46. The number of piperidine rings is 1. The van der Waals surface area contributed by atoms with Gasteiger partial charge in [0.15, 0.2) is 0 Å². The van der Waals surface area contributed by atoms with Gasteiger partial charge in [-0.2, -0.15) is 0 Å². The summed E-state index contributed by atoms with van der Waals surface area (Å²) in [7, 11) is 1.63. The first-order valence-electron chi connectivity index (χ1n) is 10.7. The van der Waals surface area contributed by atoms with E-state index in [4.69, 9.17) is 4.74 Å². The maximum atomic E-state index is 13.3. The molecule has 0 aliphatic carbocycles. The Kier molecular flexibility index (Phi) is 6.21. The topological polar surface area (TPSA) is 58.6 Å². The fourth-order valence-corrected chi connectivity index (χ4v) is 4.22. The third kappa shape index (κ3) is 4.55. The van der Waals surface area contributed by atoms with Gasteiger partial charge in [-0.15, -0.1) is 0 Å². The van der Waals surface area contributed by atoms with E-state index in [0.29, 0.717) is 25.2 Å². The number of fused-ring (bicyclic) bond motifs is 1. The van der Waals surface area contributed by atoms with Crippen LogP contribution in [0.1, 0.15) is 34.3 Å². The molecule has 0 bridgehead atoms. The summed E-state index contributed by atoms with van der Waals surface area (Å²) in [5.74, 6) is 0.541. The molecular formula is C26H28N2O3. The minimum atomic E-state index is -0.187. The van der Waals surface area contributed by atoms with Crippen molar-refractivity contribution < 1.29 is 14.3 Å². The summed E-state index contributed by atoms with van der Waals surface area (Å²) in [5, 5.41) is 4.83. The summed E-state index contributed by atoms with van der Waals surface area (Å²) in [5.41, 5.74) is 2.92. The van der Waals surface area contributed by atoms with Crippen molar-refractivity contribution in [1.82, 2.24) is 10.2 Å². The van der Waals surface area contributed by atoms with Crippen molar-refractivity contribution in [2.24, 2.45) is 5.92 Å². The Morgan fingerprint density at radius 2 is 1.77 bits per heavy atom. The van der Waals surface area contributed by atoms with Crippen LogP contribution in [-0.2, 0) is 11.3 Å². The van der Waals surface area contributed by atoms with E-state index in [-0.39, 0.29) is 17.7 Å². The lowest BCUT2D eigenvalue weighted by Gasteiger charge is -2.32. The lowest BCUT2D eigenvalue weighted by atomic mass is 9.95. The van der Waals surface area contributed by atoms with Crippen molar-refractivity contribution in [1.29, 1.82) is 0 Å². The van der Waals surface area contributed by atoms with Crippen molar-refractivity contribution in [2.45, 2.75) is 26.3 Å². The molecule has 1 saturated heterocycles. The van der Waals surface area contributed by atoms with Gasteiger partial charge < -0.3 is 15.0 Å². The number of nitrogens with one attached hydrogen (secondary N) is 1. The van der Waals surface area contributed by atoms with E-state index in [1.54, 1.807) is 7.11 Å². The lowest BCUT2D eigenvalue weighted by Crippen LogP contribution is -2.45. The highest BCUT2D eigenvalue weighted by Crippen LogP contribution is 2.30. The number of hydrogen-bond acceptors (Lipinski definition) is 3. The summed E-state index contributed by atoms with van der Waals surface area (Å²) < 4.78 is 5.45. The monoisotopic (exact) mass is 416 g/mol. The van der Waals surface area contributed by atoms with Gasteiger partial charge >= 0.3 is 0 Å². The number of carbonyl (C=O) groups is 2.